The number of hydrogen-bond donors (Lipinski definition) is 1. The third-order valence-corrected chi connectivity index (χ3v) is 3.21. The molecule has 0 radical (unpaired) electrons. The van der Waals surface area contributed by atoms with Crippen LogP contribution < -0.4 is 5.73 Å². The number of nitrogens with zero attached hydrogens (tertiary/aromatic N) is 2. The van der Waals surface area contributed by atoms with Gasteiger partial charge in [-0.1, -0.05) is 15.9 Å². The summed E-state index contributed by atoms with van der Waals surface area (Å²) in [7, 11) is 1.18. The molecule has 0 bridgehead atoms. The fraction of sp³-hybridized carbons (Fsp3) is 0.0769. The fourth-order valence-electron chi connectivity index (χ4n) is 1.78. The summed E-state index contributed by atoms with van der Waals surface area (Å²) in [5.74, 6) is -1.31. The van der Waals surface area contributed by atoms with Crippen molar-refractivity contribution in [2.45, 2.75) is 0 Å². The van der Waals surface area contributed by atoms with Crippen LogP contribution in [0.2, 0.25) is 0 Å². The number of rotatable bonds is 2. The van der Waals surface area contributed by atoms with E-state index in [0.29, 0.717) is 4.47 Å². The van der Waals surface area contributed by atoms with Crippen LogP contribution >= 0.6 is 15.9 Å². The van der Waals surface area contributed by atoms with Gasteiger partial charge in [-0.05, 0) is 18.2 Å². The van der Waals surface area contributed by atoms with Gasteiger partial charge in [0.25, 0.3) is 0 Å². The first-order valence-electron chi connectivity index (χ1n) is 5.44. The lowest BCUT2D eigenvalue weighted by Crippen LogP contribution is -2.12. The van der Waals surface area contributed by atoms with Crippen LogP contribution in [0, 0.1) is 17.1 Å². The molecule has 1 aromatic heterocycles. The highest BCUT2D eigenvalue weighted by molar-refractivity contribution is 9.10. The maximum Gasteiger partial charge on any atom is 0.357 e. The van der Waals surface area contributed by atoms with Gasteiger partial charge in [-0.2, -0.15) is 5.26 Å². The van der Waals surface area contributed by atoms with Gasteiger partial charge in [0.2, 0.25) is 0 Å². The van der Waals surface area contributed by atoms with E-state index in [2.05, 4.69) is 20.7 Å². The number of nitrogens with two attached hydrogens (primary N) is 1. The molecular weight excluding hydrogens is 329 g/mol. The Kier molecular flexibility index (Phi) is 3.77. The van der Waals surface area contributed by atoms with Crippen molar-refractivity contribution >= 4 is 27.6 Å². The van der Waals surface area contributed by atoms with E-state index in [1.165, 1.54) is 30.0 Å². The molecular formula is C13H9BrFN3O2. The lowest BCUT2D eigenvalue weighted by atomic mass is 10.2. The Bertz CT molecular complexity index is 734. The molecule has 0 aliphatic heterocycles. The second kappa shape index (κ2) is 5.35. The number of ether oxygens (including phenoxy) is 1. The van der Waals surface area contributed by atoms with Crippen molar-refractivity contribution in [2.24, 2.45) is 0 Å². The van der Waals surface area contributed by atoms with Crippen molar-refractivity contribution in [2.75, 3.05) is 12.8 Å². The highest BCUT2D eigenvalue weighted by Crippen LogP contribution is 2.27. The molecule has 1 heterocycles. The summed E-state index contributed by atoms with van der Waals surface area (Å²) in [6, 6.07) is 6.18. The molecule has 0 atom stereocenters. The van der Waals surface area contributed by atoms with Crippen molar-refractivity contribution in [1.82, 2.24) is 4.57 Å². The van der Waals surface area contributed by atoms with Crippen LogP contribution in [0.1, 0.15) is 16.1 Å². The molecule has 0 spiro atoms. The highest BCUT2D eigenvalue weighted by atomic mass is 79.9. The molecule has 0 aliphatic rings. The molecule has 0 saturated carbocycles. The van der Waals surface area contributed by atoms with Gasteiger partial charge in [0, 0.05) is 10.7 Å². The van der Waals surface area contributed by atoms with Gasteiger partial charge in [0.15, 0.2) is 5.69 Å². The largest absolute Gasteiger partial charge is 0.464 e. The van der Waals surface area contributed by atoms with Crippen LogP contribution in [0.3, 0.4) is 0 Å². The summed E-state index contributed by atoms with van der Waals surface area (Å²) in [6.45, 7) is 0. The number of anilines is 1. The molecule has 20 heavy (non-hydrogen) atoms. The molecule has 0 fully saturated rings. The first kappa shape index (κ1) is 14.1. The third-order valence-electron chi connectivity index (χ3n) is 2.71. The van der Waals surface area contributed by atoms with Crippen molar-refractivity contribution in [3.8, 4) is 11.8 Å². The summed E-state index contributed by atoms with van der Waals surface area (Å²) in [6.07, 6.45) is 1.30. The Morgan fingerprint density at radius 1 is 1.55 bits per heavy atom. The molecule has 0 aliphatic carbocycles. The summed E-state index contributed by atoms with van der Waals surface area (Å²) in [5, 5.41) is 8.97. The Morgan fingerprint density at radius 3 is 2.80 bits per heavy atom. The Labute approximate surface area is 122 Å². The lowest BCUT2D eigenvalue weighted by Gasteiger charge is -2.09. The number of benzene rings is 1. The first-order valence-corrected chi connectivity index (χ1v) is 6.23. The Morgan fingerprint density at radius 2 is 2.25 bits per heavy atom. The van der Waals surface area contributed by atoms with E-state index in [-0.39, 0.29) is 22.6 Å². The molecule has 5 nitrogen and oxygen atoms in total. The molecule has 102 valence electrons. The molecule has 1 aromatic carbocycles. The SMILES string of the molecule is COC(=O)c1c(N)c(C#N)cn1-c1ccc(Br)cc1F. The first-order chi connectivity index (χ1) is 9.49. The van der Waals surface area contributed by atoms with Gasteiger partial charge >= 0.3 is 5.97 Å². The van der Waals surface area contributed by atoms with Gasteiger partial charge in [0.1, 0.15) is 11.9 Å². The molecule has 0 unspecified atom stereocenters. The number of halogens is 2. The Hall–Kier alpha value is -2.33. The van der Waals surface area contributed by atoms with E-state index in [9.17, 15) is 9.18 Å². The quantitative estimate of drug-likeness (QED) is 0.854. The molecule has 0 saturated heterocycles. The normalized spacial score (nSPS) is 10.1. The smallest absolute Gasteiger partial charge is 0.357 e. The summed E-state index contributed by atoms with van der Waals surface area (Å²) < 4.78 is 20.4. The van der Waals surface area contributed by atoms with Crippen molar-refractivity contribution < 1.29 is 13.9 Å². The standard InChI is InChI=1S/C13H9BrFN3O2/c1-20-13(19)12-11(17)7(5-16)6-18(12)10-3-2-8(14)4-9(10)15/h2-4,6H,17H2,1H3. The van der Waals surface area contributed by atoms with E-state index in [0.717, 1.165) is 0 Å². The van der Waals surface area contributed by atoms with Gasteiger partial charge < -0.3 is 15.0 Å². The van der Waals surface area contributed by atoms with Crippen LogP contribution in [-0.4, -0.2) is 17.6 Å². The maximum atomic E-state index is 14.0. The van der Waals surface area contributed by atoms with Crippen molar-refractivity contribution in [3.05, 3.63) is 45.9 Å². The van der Waals surface area contributed by atoms with E-state index in [1.807, 2.05) is 6.07 Å². The van der Waals surface area contributed by atoms with Gasteiger partial charge in [0.05, 0.1) is 24.0 Å². The number of hydrogen-bond acceptors (Lipinski definition) is 4. The highest BCUT2D eigenvalue weighted by Gasteiger charge is 2.23. The van der Waals surface area contributed by atoms with E-state index in [4.69, 9.17) is 11.0 Å². The number of carbonyl (C=O) groups is 1. The zero-order valence-corrected chi connectivity index (χ0v) is 11.9. The third kappa shape index (κ3) is 2.26. The predicted molar refractivity (Wildman–Crippen MR) is 73.9 cm³/mol. The van der Waals surface area contributed by atoms with Crippen molar-refractivity contribution in [3.63, 3.8) is 0 Å². The van der Waals surface area contributed by atoms with Gasteiger partial charge in [-0.25, -0.2) is 9.18 Å². The van der Waals surface area contributed by atoms with Crippen LogP contribution in [0.15, 0.2) is 28.9 Å². The molecule has 2 N–H and O–H groups in total. The second-order valence-electron chi connectivity index (χ2n) is 3.87. The van der Waals surface area contributed by atoms with E-state index in [1.54, 1.807) is 6.07 Å². The predicted octanol–water partition coefficient (Wildman–Crippen LogP) is 2.62. The fourth-order valence-corrected chi connectivity index (χ4v) is 2.11. The number of nitrogen functional groups attached to an aromatic ring is 1. The molecule has 2 rings (SSSR count). The number of methoxy groups -OCH3 is 1. The second-order valence-corrected chi connectivity index (χ2v) is 4.79. The monoisotopic (exact) mass is 337 g/mol. The number of esters is 1. The summed E-state index contributed by atoms with van der Waals surface area (Å²) >= 11 is 3.15. The van der Waals surface area contributed by atoms with Gasteiger partial charge in [-0.15, -0.1) is 0 Å². The zero-order chi connectivity index (χ0) is 14.9. The molecule has 2 aromatic rings. The summed E-state index contributed by atoms with van der Waals surface area (Å²) in [4.78, 5) is 11.8. The topological polar surface area (TPSA) is 81.0 Å². The minimum absolute atomic E-state index is 0.0401. The van der Waals surface area contributed by atoms with E-state index >= 15 is 0 Å². The molecule has 0 amide bonds. The minimum atomic E-state index is -0.744. The van der Waals surface area contributed by atoms with Crippen LogP contribution in [0.25, 0.3) is 5.69 Å². The average molecular weight is 338 g/mol. The zero-order valence-electron chi connectivity index (χ0n) is 10.4. The van der Waals surface area contributed by atoms with Gasteiger partial charge in [-0.3, -0.25) is 0 Å². The number of aromatic nitrogens is 1. The van der Waals surface area contributed by atoms with Crippen LogP contribution in [0.5, 0.6) is 0 Å². The van der Waals surface area contributed by atoms with Crippen molar-refractivity contribution in [1.29, 1.82) is 5.26 Å². The summed E-state index contributed by atoms with van der Waals surface area (Å²) in [5.41, 5.74) is 5.79. The number of carbonyl (C=O) groups excluding carboxylic acids is 1. The molecule has 7 heteroatoms. The van der Waals surface area contributed by atoms with Crippen LogP contribution in [-0.2, 0) is 4.74 Å². The lowest BCUT2D eigenvalue weighted by molar-refractivity contribution is 0.0593. The van der Waals surface area contributed by atoms with E-state index < -0.39 is 11.8 Å². The minimum Gasteiger partial charge on any atom is -0.464 e. The average Bonchev–Trinajstić information content (AvgIpc) is 2.74. The maximum absolute atomic E-state index is 14.0. The Balaban J connectivity index is 2.74. The van der Waals surface area contributed by atoms with Crippen LogP contribution in [0.4, 0.5) is 10.1 Å². The number of nitriles is 1.